The minimum absolute atomic E-state index is 0. The third-order valence-corrected chi connectivity index (χ3v) is 18.4. The van der Waals surface area contributed by atoms with Crippen LogP contribution in [0, 0.1) is 0 Å². The smallest absolute Gasteiger partial charge is 0.408 e. The molecule has 0 aromatic carbocycles. The summed E-state index contributed by atoms with van der Waals surface area (Å²) in [6, 6.07) is -0.672. The van der Waals surface area contributed by atoms with E-state index in [1.165, 1.54) is 0 Å². The number of alkyl carbamates (subject to hydrolysis) is 1. The molecule has 3 amide bonds. The van der Waals surface area contributed by atoms with Crippen LogP contribution in [0.1, 0.15) is 91.3 Å². The third kappa shape index (κ3) is 16.5. The number of ether oxygens (including phenoxy) is 4. The molecule has 6 saturated heterocycles. The zero-order valence-corrected chi connectivity index (χ0v) is 58.7. The van der Waals surface area contributed by atoms with Crippen molar-refractivity contribution in [1.29, 1.82) is 0 Å². The van der Waals surface area contributed by atoms with E-state index in [1.807, 2.05) is 20.5 Å². The largest absolute Gasteiger partial charge is 0.444 e. The van der Waals surface area contributed by atoms with Gasteiger partial charge in [-0.05, 0) is 86.2 Å². The molecule has 542 valence electrons. The third-order valence-electron chi connectivity index (χ3n) is 18.4. The molecular weight excluding hydrogens is 1330 g/mol. The van der Waals surface area contributed by atoms with Crippen molar-refractivity contribution < 1.29 is 33.3 Å². The molecule has 0 unspecified atom stereocenters. The fraction of sp³-hybridized carbons (Fsp3) is 0.538. The number of halogens is 1. The summed E-state index contributed by atoms with van der Waals surface area (Å²) in [5.41, 5.74) is 29.0. The molecule has 37 heteroatoms. The van der Waals surface area contributed by atoms with Gasteiger partial charge in [0.05, 0.1) is 116 Å². The molecule has 102 heavy (non-hydrogen) atoms. The number of piperidine rings is 3. The molecule has 6 aliphatic rings. The maximum Gasteiger partial charge on any atom is 0.408 e. The number of nitrogens with zero attached hydrogens (tertiary/aromatic N) is 23. The van der Waals surface area contributed by atoms with Crippen LogP contribution in [0.5, 0.6) is 0 Å². The second-order valence-corrected chi connectivity index (χ2v) is 26.6. The highest BCUT2D eigenvalue weighted by atomic mass is 35.5. The predicted octanol–water partition coefficient (Wildman–Crippen LogP) is 3.04. The number of hydrogen-bond donors (Lipinski definition) is 6. The van der Waals surface area contributed by atoms with Crippen molar-refractivity contribution in [3.63, 3.8) is 0 Å². The van der Waals surface area contributed by atoms with Crippen molar-refractivity contribution in [2.45, 2.75) is 109 Å². The Hall–Kier alpha value is -10.0. The van der Waals surface area contributed by atoms with Gasteiger partial charge in [0.2, 0.25) is 47.5 Å². The molecule has 2 atom stereocenters. The highest BCUT2D eigenvalue weighted by molar-refractivity contribution is 5.93. The molecule has 0 spiro atoms. The number of anilines is 6. The molecule has 15 heterocycles. The number of carbonyl (C=O) groups excluding carboxylic acids is 3. The molecule has 6 fully saturated rings. The molecule has 15 rings (SSSR count). The van der Waals surface area contributed by atoms with Crippen LogP contribution in [0.15, 0.2) is 55.8 Å². The second kappa shape index (κ2) is 31.9. The van der Waals surface area contributed by atoms with E-state index in [4.69, 9.17) is 82.0 Å². The van der Waals surface area contributed by atoms with Crippen LogP contribution in [-0.2, 0) is 28.5 Å². The zero-order valence-electron chi connectivity index (χ0n) is 57.9. The summed E-state index contributed by atoms with van der Waals surface area (Å²) in [7, 11) is 0. The maximum atomic E-state index is 13.0. The topological polar surface area (TPSA) is 441 Å². The maximum absolute atomic E-state index is 13.0. The Balaban J connectivity index is 0.000000146. The van der Waals surface area contributed by atoms with Crippen LogP contribution >= 0.6 is 12.4 Å². The summed E-state index contributed by atoms with van der Waals surface area (Å²) >= 11 is 0. The molecule has 9 aromatic heterocycles. The fourth-order valence-electron chi connectivity index (χ4n) is 13.1. The van der Waals surface area contributed by atoms with Gasteiger partial charge in [-0.2, -0.15) is 30.2 Å². The predicted molar refractivity (Wildman–Crippen MR) is 382 cm³/mol. The van der Waals surface area contributed by atoms with Crippen LogP contribution < -0.4 is 48.3 Å². The van der Waals surface area contributed by atoms with Gasteiger partial charge in [0, 0.05) is 119 Å². The number of morpholine rings is 3. The lowest BCUT2D eigenvalue weighted by Crippen LogP contribution is -2.50. The minimum Gasteiger partial charge on any atom is -0.444 e. The van der Waals surface area contributed by atoms with Crippen molar-refractivity contribution in [3.05, 3.63) is 55.8 Å². The highest BCUT2D eigenvalue weighted by Gasteiger charge is 2.33. The Morgan fingerprint density at radius 3 is 1.11 bits per heavy atom. The first-order valence-electron chi connectivity index (χ1n) is 34.4. The molecule has 0 saturated carbocycles. The molecule has 36 nitrogen and oxygen atoms in total. The lowest BCUT2D eigenvalue weighted by molar-refractivity contribution is -0.134. The molecule has 0 bridgehead atoms. The summed E-state index contributed by atoms with van der Waals surface area (Å²) in [4.78, 5) is 102. The van der Waals surface area contributed by atoms with Crippen molar-refractivity contribution in [2.24, 2.45) is 5.73 Å². The van der Waals surface area contributed by atoms with E-state index in [0.717, 1.165) is 120 Å². The number of aromatic nitrogens is 18. The Kier molecular flexibility index (Phi) is 22.5. The first-order chi connectivity index (χ1) is 48.9. The van der Waals surface area contributed by atoms with E-state index in [1.54, 1.807) is 89.1 Å². The summed E-state index contributed by atoms with van der Waals surface area (Å²) < 4.78 is 27.7. The number of hydrogen-bond acceptors (Lipinski definition) is 30. The van der Waals surface area contributed by atoms with Crippen LogP contribution in [0.3, 0.4) is 0 Å². The number of nitrogens with one attached hydrogen (secondary N) is 2. The first kappa shape index (κ1) is 71.8. The fourth-order valence-corrected chi connectivity index (χ4v) is 13.1. The van der Waals surface area contributed by atoms with Crippen LogP contribution in [0.4, 0.5) is 40.5 Å². The number of rotatable bonds is 12. The van der Waals surface area contributed by atoms with E-state index in [9.17, 15) is 14.4 Å². The Bertz CT molecular complexity index is 4320. The van der Waals surface area contributed by atoms with Gasteiger partial charge in [0.1, 0.15) is 11.6 Å². The van der Waals surface area contributed by atoms with E-state index >= 15 is 0 Å². The number of carbonyl (C=O) groups is 3. The van der Waals surface area contributed by atoms with Crippen molar-refractivity contribution in [3.8, 4) is 33.8 Å². The molecule has 9 aromatic rings. The van der Waals surface area contributed by atoms with Gasteiger partial charge < -0.3 is 77.0 Å². The van der Waals surface area contributed by atoms with E-state index in [-0.39, 0.29) is 54.2 Å². The van der Waals surface area contributed by atoms with E-state index in [0.29, 0.717) is 127 Å². The van der Waals surface area contributed by atoms with Gasteiger partial charge in [-0.1, -0.05) is 0 Å². The summed E-state index contributed by atoms with van der Waals surface area (Å²) in [5.74, 6) is 2.41. The SMILES string of the molecule is C[C@@H](N)C(=O)N1CCC(n2ncc3c(-c4cnc(N)nc4)nc(N4CCOCC4)nc32)CC1.C[C@@H](NC(=O)OC(C)(C)C)C(=O)N1CCC(n2ncc3c(-c4cnc(N)nc4)nc(N4CCOCC4)nc32)CC1.Cl.Nc1ncc(-c2nc(N3CCOCC3)nc3c2cnn3C2CCNCC2)cn1. The first-order valence-corrected chi connectivity index (χ1v) is 34.4. The molecule has 6 aliphatic heterocycles. The van der Waals surface area contributed by atoms with Gasteiger partial charge in [-0.3, -0.25) is 9.59 Å². The number of fused-ring (bicyclic) bond motifs is 3. The van der Waals surface area contributed by atoms with Crippen molar-refractivity contribution in [1.82, 2.24) is 110 Å². The van der Waals surface area contributed by atoms with Crippen molar-refractivity contribution in [2.75, 3.05) is 150 Å². The molecule has 0 radical (unpaired) electrons. The van der Waals surface area contributed by atoms with Crippen molar-refractivity contribution >= 4 is 99.1 Å². The van der Waals surface area contributed by atoms with Gasteiger partial charge in [0.15, 0.2) is 16.9 Å². The van der Waals surface area contributed by atoms with Gasteiger partial charge in [0.25, 0.3) is 0 Å². The normalized spacial score (nSPS) is 18.0. The van der Waals surface area contributed by atoms with Crippen LogP contribution in [-0.4, -0.2) is 253 Å². The minimum atomic E-state index is -0.689. The molecule has 10 N–H and O–H groups in total. The average Bonchev–Trinajstić information content (AvgIpc) is 1.58. The Morgan fingerprint density at radius 2 is 0.794 bits per heavy atom. The van der Waals surface area contributed by atoms with Gasteiger partial charge in [-0.15, -0.1) is 12.4 Å². The zero-order chi connectivity index (χ0) is 70.3. The Labute approximate surface area is 593 Å². The van der Waals surface area contributed by atoms with Gasteiger partial charge >= 0.3 is 6.09 Å². The summed E-state index contributed by atoms with van der Waals surface area (Å²) in [5, 5.41) is 22.7. The van der Waals surface area contributed by atoms with E-state index < -0.39 is 23.8 Å². The number of nitrogens with two attached hydrogens (primary N) is 4. The number of amides is 3. The Morgan fingerprint density at radius 1 is 0.480 bits per heavy atom. The highest BCUT2D eigenvalue weighted by Crippen LogP contribution is 2.36. The van der Waals surface area contributed by atoms with Crippen LogP contribution in [0.2, 0.25) is 0 Å². The summed E-state index contributed by atoms with van der Waals surface area (Å²) in [6.07, 6.45) is 19.9. The van der Waals surface area contributed by atoms with Crippen LogP contribution in [0.25, 0.3) is 66.9 Å². The monoisotopic (exact) mass is 1420 g/mol. The lowest BCUT2D eigenvalue weighted by atomic mass is 10.0. The van der Waals surface area contributed by atoms with E-state index in [2.05, 4.69) is 65.0 Å². The second-order valence-electron chi connectivity index (χ2n) is 26.6. The average molecular weight is 1420 g/mol. The number of nitrogen functional groups attached to an aromatic ring is 3. The molecule has 0 aliphatic carbocycles. The molecular formula is C65H88ClN29O7. The standard InChI is InChI=1S/C26H36N10O4.C21H28N10O2.C18H23N9O.ClH/c1-16(31-25(38)40-26(2,3)4)22(37)34-7-5-18(6-8-34)36-21-19(15-30-36)20(17-13-28-23(27)29-14-17)32-24(33-21)35-9-11-39-12-10-35;1-13(22)19(32)29-4-2-15(3-5-29)31-18-16(12-26-31)17(14-10-24-20(23)25-11-14)27-21(28-18)30-6-8-33-9-7-30;19-17-21-9-12(10-22-17)15-14-11-23-27(13-1-3-20-4-2-13)16(14)25-18(24-15)26-5-7-28-8-6-26;/h13-16,18H,5-12H2,1-4H3,(H,31,38)(H2,27,28,29);10-13,15H,2-9,22H2,1H3,(H2,23,24,25);9-11,13,20H,1-8H2,(H2,19,21,22);1H/t16-;13-;;/m11../s1. The van der Waals surface area contributed by atoms with Gasteiger partial charge in [-0.25, -0.2) is 63.7 Å². The number of likely N-dealkylation sites (tertiary alicyclic amines) is 2. The quantitative estimate of drug-likeness (QED) is 0.102. The lowest BCUT2D eigenvalue weighted by Gasteiger charge is -2.34. The summed E-state index contributed by atoms with van der Waals surface area (Å²) in [6.45, 7) is 21.3.